The molecule has 2 aromatic heterocycles. The van der Waals surface area contributed by atoms with Crippen LogP contribution in [0.3, 0.4) is 0 Å². The van der Waals surface area contributed by atoms with Gasteiger partial charge in [-0.2, -0.15) is 0 Å². The van der Waals surface area contributed by atoms with Gasteiger partial charge in [-0.05, 0) is 25.5 Å². The molecule has 0 fully saturated rings. The number of rotatable bonds is 2. The van der Waals surface area contributed by atoms with E-state index < -0.39 is 0 Å². The van der Waals surface area contributed by atoms with E-state index in [2.05, 4.69) is 15.2 Å². The van der Waals surface area contributed by atoms with Crippen LogP contribution < -0.4 is 0 Å². The Labute approximate surface area is 92.3 Å². The first-order chi connectivity index (χ1) is 7.16. The lowest BCUT2D eigenvalue weighted by Gasteiger charge is -1.95. The first kappa shape index (κ1) is 10.1. The molecule has 15 heavy (non-hydrogen) atoms. The summed E-state index contributed by atoms with van der Waals surface area (Å²) < 4.78 is 5.39. The van der Waals surface area contributed by atoms with Crippen LogP contribution in [0.5, 0.6) is 0 Å². The van der Waals surface area contributed by atoms with Crippen molar-refractivity contribution in [1.82, 2.24) is 15.2 Å². The Bertz CT molecular complexity index is 467. The summed E-state index contributed by atoms with van der Waals surface area (Å²) in [6.07, 6.45) is 3.45. The Balaban J connectivity index is 2.37. The van der Waals surface area contributed by atoms with Crippen LogP contribution in [0.2, 0.25) is 0 Å². The van der Waals surface area contributed by atoms with Crippen molar-refractivity contribution in [1.29, 1.82) is 0 Å². The Morgan fingerprint density at radius 3 is 2.73 bits per heavy atom. The highest BCUT2D eigenvalue weighted by Crippen LogP contribution is 2.23. The number of pyridine rings is 1. The molecule has 78 valence electrons. The summed E-state index contributed by atoms with van der Waals surface area (Å²) in [5, 5.41) is 7.48. The van der Waals surface area contributed by atoms with Crippen molar-refractivity contribution in [2.75, 3.05) is 0 Å². The fraction of sp³-hybridized carbons (Fsp3) is 0.300. The van der Waals surface area contributed by atoms with Gasteiger partial charge >= 0.3 is 0 Å². The minimum Gasteiger partial charge on any atom is -0.419 e. The Morgan fingerprint density at radius 2 is 2.13 bits per heavy atom. The van der Waals surface area contributed by atoms with Gasteiger partial charge in [-0.25, -0.2) is 0 Å². The first-order valence-corrected chi connectivity index (χ1v) is 5.00. The molecule has 0 bridgehead atoms. The molecule has 0 saturated heterocycles. The van der Waals surface area contributed by atoms with Crippen LogP contribution in [-0.4, -0.2) is 15.2 Å². The highest BCUT2D eigenvalue weighted by molar-refractivity contribution is 6.20. The molecule has 2 rings (SSSR count). The largest absolute Gasteiger partial charge is 0.419 e. The molecule has 4 nitrogen and oxygen atoms in total. The van der Waals surface area contributed by atoms with E-state index in [0.717, 1.165) is 11.1 Å². The summed E-state index contributed by atoms with van der Waals surface area (Å²) in [5.41, 5.74) is 1.86. The van der Waals surface area contributed by atoms with Gasteiger partial charge in [0, 0.05) is 12.4 Å². The summed E-state index contributed by atoms with van der Waals surface area (Å²) in [5.74, 6) is 0.877. The second-order valence-corrected chi connectivity index (χ2v) is 3.97. The van der Waals surface area contributed by atoms with Crippen molar-refractivity contribution < 1.29 is 4.42 Å². The van der Waals surface area contributed by atoms with Crippen LogP contribution in [-0.2, 0) is 0 Å². The topological polar surface area (TPSA) is 51.8 Å². The summed E-state index contributed by atoms with van der Waals surface area (Å²) in [6.45, 7) is 3.74. The second kappa shape index (κ2) is 3.98. The molecule has 5 heteroatoms. The molecule has 2 aromatic rings. The van der Waals surface area contributed by atoms with Crippen molar-refractivity contribution in [2.45, 2.75) is 19.2 Å². The lowest BCUT2D eigenvalue weighted by atomic mass is 10.2. The Hall–Kier alpha value is -1.42. The van der Waals surface area contributed by atoms with Crippen molar-refractivity contribution in [3.05, 3.63) is 29.9 Å². The van der Waals surface area contributed by atoms with Crippen LogP contribution in [0.25, 0.3) is 11.5 Å². The van der Waals surface area contributed by atoms with Crippen LogP contribution in [0, 0.1) is 6.92 Å². The Morgan fingerprint density at radius 1 is 1.33 bits per heavy atom. The minimum atomic E-state index is -0.274. The normalized spacial score (nSPS) is 12.7. The smallest absolute Gasteiger partial charge is 0.249 e. The summed E-state index contributed by atoms with van der Waals surface area (Å²) in [4.78, 5) is 4.05. The van der Waals surface area contributed by atoms with E-state index in [1.807, 2.05) is 13.0 Å². The molecular formula is C10H10ClN3O. The van der Waals surface area contributed by atoms with Crippen LogP contribution >= 0.6 is 11.6 Å². The zero-order valence-electron chi connectivity index (χ0n) is 8.44. The highest BCUT2D eigenvalue weighted by atomic mass is 35.5. The van der Waals surface area contributed by atoms with E-state index in [1.165, 1.54) is 0 Å². The maximum atomic E-state index is 5.82. The number of aryl methyl sites for hydroxylation is 1. The van der Waals surface area contributed by atoms with E-state index in [0.29, 0.717) is 11.8 Å². The highest BCUT2D eigenvalue weighted by Gasteiger charge is 2.12. The average molecular weight is 224 g/mol. The molecule has 1 unspecified atom stereocenters. The number of nitrogens with zero attached hydrogens (tertiary/aromatic N) is 3. The molecule has 0 saturated carbocycles. The first-order valence-electron chi connectivity index (χ1n) is 4.56. The monoisotopic (exact) mass is 223 g/mol. The van der Waals surface area contributed by atoms with Crippen LogP contribution in [0.1, 0.15) is 23.8 Å². The fourth-order valence-electron chi connectivity index (χ4n) is 1.18. The number of aromatic nitrogens is 3. The third-order valence-corrected chi connectivity index (χ3v) is 2.09. The summed E-state index contributed by atoms with van der Waals surface area (Å²) in [6, 6.07) is 1.93. The van der Waals surface area contributed by atoms with Gasteiger partial charge in [0.05, 0.1) is 5.56 Å². The molecule has 0 aromatic carbocycles. The molecular weight excluding hydrogens is 214 g/mol. The minimum absolute atomic E-state index is 0.274. The van der Waals surface area contributed by atoms with Crippen molar-refractivity contribution in [3.8, 4) is 11.5 Å². The maximum Gasteiger partial charge on any atom is 0.249 e. The van der Waals surface area contributed by atoms with Gasteiger partial charge in [0.25, 0.3) is 0 Å². The van der Waals surface area contributed by atoms with E-state index in [1.54, 1.807) is 19.3 Å². The second-order valence-electron chi connectivity index (χ2n) is 3.31. The van der Waals surface area contributed by atoms with E-state index in [9.17, 15) is 0 Å². The fourth-order valence-corrected chi connectivity index (χ4v) is 1.27. The molecule has 0 amide bonds. The number of hydrogen-bond acceptors (Lipinski definition) is 4. The standard InChI is InChI=1S/C10H10ClN3O/c1-6-3-8(5-12-4-6)10-14-13-9(15-10)7(2)11/h3-5,7H,1-2H3. The van der Waals surface area contributed by atoms with Gasteiger partial charge in [0.2, 0.25) is 11.8 Å². The maximum absolute atomic E-state index is 5.82. The van der Waals surface area contributed by atoms with Crippen molar-refractivity contribution in [3.63, 3.8) is 0 Å². The SMILES string of the molecule is Cc1cncc(-c2nnc(C(C)Cl)o2)c1. The Kier molecular flexibility index (Phi) is 2.68. The third-order valence-electron chi connectivity index (χ3n) is 1.90. The number of hydrogen-bond donors (Lipinski definition) is 0. The zero-order chi connectivity index (χ0) is 10.8. The number of halogens is 1. The molecule has 0 radical (unpaired) electrons. The van der Waals surface area contributed by atoms with Gasteiger partial charge in [-0.1, -0.05) is 0 Å². The molecule has 1 atom stereocenters. The lowest BCUT2D eigenvalue weighted by Crippen LogP contribution is -1.82. The van der Waals surface area contributed by atoms with E-state index in [4.69, 9.17) is 16.0 Å². The molecule has 0 aliphatic carbocycles. The quantitative estimate of drug-likeness (QED) is 0.735. The van der Waals surface area contributed by atoms with Crippen LogP contribution in [0.15, 0.2) is 22.9 Å². The molecule has 0 aliphatic rings. The number of alkyl halides is 1. The van der Waals surface area contributed by atoms with Gasteiger partial charge in [0.1, 0.15) is 5.38 Å². The van der Waals surface area contributed by atoms with E-state index in [-0.39, 0.29) is 5.38 Å². The van der Waals surface area contributed by atoms with Gasteiger partial charge in [0.15, 0.2) is 0 Å². The predicted molar refractivity (Wildman–Crippen MR) is 56.5 cm³/mol. The molecule has 0 aliphatic heterocycles. The average Bonchev–Trinajstić information content (AvgIpc) is 2.66. The lowest BCUT2D eigenvalue weighted by molar-refractivity contribution is 0.507. The van der Waals surface area contributed by atoms with Gasteiger partial charge < -0.3 is 4.42 Å². The van der Waals surface area contributed by atoms with E-state index >= 15 is 0 Å². The summed E-state index contributed by atoms with van der Waals surface area (Å²) in [7, 11) is 0. The molecule has 2 heterocycles. The van der Waals surface area contributed by atoms with Crippen molar-refractivity contribution in [2.24, 2.45) is 0 Å². The molecule has 0 N–H and O–H groups in total. The van der Waals surface area contributed by atoms with Crippen LogP contribution in [0.4, 0.5) is 0 Å². The molecule has 0 spiro atoms. The van der Waals surface area contributed by atoms with Gasteiger partial charge in [-0.15, -0.1) is 21.8 Å². The summed E-state index contributed by atoms with van der Waals surface area (Å²) >= 11 is 5.82. The van der Waals surface area contributed by atoms with Gasteiger partial charge in [-0.3, -0.25) is 4.98 Å². The van der Waals surface area contributed by atoms with Crippen molar-refractivity contribution >= 4 is 11.6 Å². The zero-order valence-corrected chi connectivity index (χ0v) is 9.19. The third kappa shape index (κ3) is 2.15. The predicted octanol–water partition coefficient (Wildman–Crippen LogP) is 2.74.